The van der Waals surface area contributed by atoms with E-state index in [0.717, 1.165) is 77.0 Å². The highest BCUT2D eigenvalue weighted by atomic mass is 16.5. The van der Waals surface area contributed by atoms with Crippen LogP contribution < -0.4 is 63.5 Å². The fourth-order valence-corrected chi connectivity index (χ4v) is 12.9. The van der Waals surface area contributed by atoms with Crippen molar-refractivity contribution in [2.24, 2.45) is 28.7 Å². The summed E-state index contributed by atoms with van der Waals surface area (Å²) in [6, 6.07) is 4.95. The average molecular weight is 1710 g/mol. The molecule has 0 heterocycles. The van der Waals surface area contributed by atoms with Crippen LogP contribution in [0.15, 0.2) is 48.5 Å². The lowest BCUT2D eigenvalue weighted by molar-refractivity contribution is -0.143. The van der Waals surface area contributed by atoms with Gasteiger partial charge in [0.15, 0.2) is 0 Å². The molecule has 0 aliphatic rings. The lowest BCUT2D eigenvalue weighted by atomic mass is 9.79. The number of hydrogen-bond donors (Lipinski definition) is 16. The first-order valence-electron chi connectivity index (χ1n) is 42.6. The Balaban J connectivity index is 1.61. The number of amides is 8. The van der Waals surface area contributed by atoms with Gasteiger partial charge in [0.1, 0.15) is 53.0 Å². The highest BCUT2D eigenvalue weighted by Crippen LogP contribution is 2.28. The summed E-state index contributed by atoms with van der Waals surface area (Å²) in [6.07, 6.45) is 14.1. The van der Waals surface area contributed by atoms with Crippen molar-refractivity contribution in [3.05, 3.63) is 59.7 Å². The first kappa shape index (κ1) is 107. The highest BCUT2D eigenvalue weighted by Gasteiger charge is 2.32. The highest BCUT2D eigenvalue weighted by molar-refractivity contribution is 5.93. The predicted octanol–water partition coefficient (Wildman–Crippen LogP) is 7.77. The van der Waals surface area contributed by atoms with Crippen molar-refractivity contribution >= 4 is 100 Å². The van der Waals surface area contributed by atoms with Crippen LogP contribution in [-0.4, -0.2) is 207 Å². The number of carbonyl (C=O) groups excluding carboxylic acids is 11. The summed E-state index contributed by atoms with van der Waals surface area (Å²) in [7, 11) is 0. The molecular weight excluding hydrogens is 1570 g/mol. The number of nitrogens with two attached hydrogens (primary N) is 2. The molecule has 0 aliphatic heterocycles. The largest absolute Gasteiger partial charge is 0.494 e. The van der Waals surface area contributed by atoms with Gasteiger partial charge in [-0.05, 0) is 171 Å². The molecule has 0 saturated carbocycles. The van der Waals surface area contributed by atoms with Crippen molar-refractivity contribution in [2.45, 2.75) is 308 Å². The van der Waals surface area contributed by atoms with E-state index in [-0.39, 0.29) is 132 Å². The third kappa shape index (κ3) is 51.1. The van der Waals surface area contributed by atoms with Crippen LogP contribution in [0.2, 0.25) is 0 Å². The molecule has 2 aromatic carbocycles. The number of hydrogen-bond acceptors (Lipinski definition) is 21. The lowest BCUT2D eigenvalue weighted by Gasteiger charge is -2.23. The van der Waals surface area contributed by atoms with Gasteiger partial charge >= 0.3 is 35.8 Å². The minimum Gasteiger partial charge on any atom is -0.494 e. The molecule has 35 nitrogen and oxygen atoms in total. The molecule has 2 aromatic rings. The van der Waals surface area contributed by atoms with E-state index in [4.69, 9.17) is 31.2 Å². The van der Waals surface area contributed by atoms with E-state index in [1.165, 1.54) is 31.2 Å². The lowest BCUT2D eigenvalue weighted by Crippen LogP contribution is -2.44. The van der Waals surface area contributed by atoms with E-state index in [1.54, 1.807) is 45.0 Å². The third-order valence-corrected chi connectivity index (χ3v) is 20.5. The molecule has 0 aliphatic carbocycles. The number of aromatic carboxylic acids is 2. The first-order valence-corrected chi connectivity index (χ1v) is 42.6. The number of rotatable bonds is 72. The van der Waals surface area contributed by atoms with Crippen molar-refractivity contribution in [1.29, 1.82) is 0 Å². The molecule has 0 saturated heterocycles. The number of carboxylic acid groups (broad SMARTS) is 6. The molecule has 121 heavy (non-hydrogen) atoms. The number of benzene rings is 2. The number of nitrogens with one attached hydrogen (secondary N) is 8. The summed E-state index contributed by atoms with van der Waals surface area (Å²) >= 11 is 0. The molecule has 678 valence electrons. The van der Waals surface area contributed by atoms with Crippen LogP contribution in [0, 0.1) is 17.3 Å². The number of ether oxygens (including phenoxy) is 2. The Hall–Kier alpha value is -10.5. The number of ketones is 3. The first-order chi connectivity index (χ1) is 57.5. The van der Waals surface area contributed by atoms with Gasteiger partial charge in [0.25, 0.3) is 0 Å². The molecule has 0 unspecified atom stereocenters. The third-order valence-electron chi connectivity index (χ3n) is 20.5. The SMILES string of the molecule is CC(=O)[C@H](CCCCNC(=O)[C@@H](N)CCCCNC(=O)CC[C@H](NC(=O)CC[C@H](NC(=O)CCCCCCCCCOc1ccc(C(=O)O)cc1)C(=O)O)C(=O)O)CC(=O)[C@H](CCCCNC(=O)[C@@H](N)CCCCNC(=O)CC[C@H](NC(=O)CC[C@H](NC(=O)CCCCCCCCCOc1ccc(C(=O)O)cc1)C(=O)O)C(=O)O)CC(=O)C(C)(C)C. The van der Waals surface area contributed by atoms with Gasteiger partial charge in [-0.1, -0.05) is 97.8 Å². The summed E-state index contributed by atoms with van der Waals surface area (Å²) in [5.74, 6) is -12.5. The Labute approximate surface area is 708 Å². The monoisotopic (exact) mass is 1710 g/mol. The zero-order valence-corrected chi connectivity index (χ0v) is 70.9. The summed E-state index contributed by atoms with van der Waals surface area (Å²) in [4.78, 5) is 211. The Morgan fingerprint density at radius 3 is 0.934 bits per heavy atom. The van der Waals surface area contributed by atoms with E-state index in [1.807, 2.05) is 0 Å². The summed E-state index contributed by atoms with van der Waals surface area (Å²) in [5.41, 5.74) is 11.9. The van der Waals surface area contributed by atoms with Gasteiger partial charge in [-0.3, -0.25) is 52.7 Å². The Bertz CT molecular complexity index is 3590. The van der Waals surface area contributed by atoms with Crippen LogP contribution in [0.4, 0.5) is 0 Å². The van der Waals surface area contributed by atoms with Crippen molar-refractivity contribution in [1.82, 2.24) is 42.5 Å². The predicted molar refractivity (Wildman–Crippen MR) is 447 cm³/mol. The molecule has 0 radical (unpaired) electrons. The van der Waals surface area contributed by atoms with Gasteiger partial charge in [0.05, 0.1) is 36.4 Å². The van der Waals surface area contributed by atoms with E-state index in [0.29, 0.717) is 102 Å². The van der Waals surface area contributed by atoms with Gasteiger partial charge < -0.3 is 94.1 Å². The molecule has 0 fully saturated rings. The molecule has 0 aromatic heterocycles. The molecule has 2 rings (SSSR count). The van der Waals surface area contributed by atoms with E-state index in [2.05, 4.69) is 42.5 Å². The summed E-state index contributed by atoms with van der Waals surface area (Å²) in [6.45, 7) is 8.54. The second-order valence-electron chi connectivity index (χ2n) is 31.8. The quantitative estimate of drug-likeness (QED) is 0.0281. The van der Waals surface area contributed by atoms with E-state index >= 15 is 0 Å². The van der Waals surface area contributed by atoms with Crippen molar-refractivity contribution in [3.63, 3.8) is 0 Å². The van der Waals surface area contributed by atoms with Gasteiger partial charge in [0.2, 0.25) is 47.3 Å². The Morgan fingerprint density at radius 2 is 0.620 bits per heavy atom. The molecule has 0 bridgehead atoms. The molecular formula is C86H134N10O25. The number of unbranched alkanes of at least 4 members (excludes halogenated alkanes) is 16. The van der Waals surface area contributed by atoms with E-state index in [9.17, 15) is 102 Å². The normalized spacial score (nSPS) is 13.2. The molecule has 8 atom stereocenters. The summed E-state index contributed by atoms with van der Waals surface area (Å²) < 4.78 is 11.3. The maximum absolute atomic E-state index is 13.9. The molecule has 8 amide bonds. The fraction of sp³-hybridized carbons (Fsp3) is 0.663. The maximum atomic E-state index is 13.9. The van der Waals surface area contributed by atoms with Crippen LogP contribution in [0.5, 0.6) is 11.5 Å². The number of aliphatic carboxylic acids is 4. The minimum absolute atomic E-state index is 0.0192. The van der Waals surface area contributed by atoms with Crippen molar-refractivity contribution in [2.75, 3.05) is 39.4 Å². The summed E-state index contributed by atoms with van der Waals surface area (Å²) in [5, 5.41) is 77.3. The smallest absolute Gasteiger partial charge is 0.335 e. The van der Waals surface area contributed by atoms with Gasteiger partial charge in [0, 0.05) is 94.8 Å². The molecule has 0 spiro atoms. The maximum Gasteiger partial charge on any atom is 0.335 e. The molecule has 35 heteroatoms. The number of carboxylic acids is 6. The Kier molecular flexibility index (Phi) is 54.4. The number of carbonyl (C=O) groups is 17. The average Bonchev–Trinajstić information content (AvgIpc) is 0.862. The van der Waals surface area contributed by atoms with Crippen molar-refractivity contribution in [3.8, 4) is 11.5 Å². The van der Waals surface area contributed by atoms with Crippen LogP contribution in [-0.2, 0) is 71.9 Å². The zero-order chi connectivity index (χ0) is 90.1. The van der Waals surface area contributed by atoms with E-state index < -0.39 is 149 Å². The standard InChI is InChI=1S/C86H134N10O25/c1-57(97)60(27-17-21-51-91-78(106)64(87)29-19-23-49-89-72(100)45-41-66(82(112)113)95-76(104)47-43-68(84(116)117)93-74(102)31-15-11-7-5-9-13-25-53-120-62-37-33-58(34-38-62)80(108)109)55-70(98)61(56-71(99)86(2,3)4)28-18-22-52-92-79(107)65(88)30-20-24-50-90-73(101)46-42-67(83(114)115)96-77(105)48-44-69(85(118)119)94-75(103)32-16-12-8-6-10-14-26-54-121-63-39-35-59(36-40-63)81(110)111/h33-40,60-61,64-69H,5-32,41-56,87-88H2,1-4H3,(H,89,100)(H,90,101)(H,91,106)(H,92,107)(H,93,102)(H,94,103)(H,95,104)(H,96,105)(H,108,109)(H,110,111)(H,112,113)(H,114,115)(H,116,117)(H,118,119)/t60-,61-,64+,65+,66+,67+,68+,69+/m1/s1. The minimum atomic E-state index is -1.45. The van der Waals surface area contributed by atoms with Gasteiger partial charge in [-0.2, -0.15) is 0 Å². The molecule has 18 N–H and O–H groups in total. The van der Waals surface area contributed by atoms with Crippen LogP contribution in [0.1, 0.15) is 292 Å². The fourth-order valence-electron chi connectivity index (χ4n) is 12.9. The van der Waals surface area contributed by atoms with Crippen molar-refractivity contribution < 1.29 is 122 Å². The van der Waals surface area contributed by atoms with Gasteiger partial charge in [-0.25, -0.2) is 28.8 Å². The zero-order valence-electron chi connectivity index (χ0n) is 70.9. The Morgan fingerprint density at radius 1 is 0.331 bits per heavy atom. The topological polar surface area (TPSA) is 578 Å². The second-order valence-corrected chi connectivity index (χ2v) is 31.8. The number of Topliss-reactive ketones (excluding diaryl/α,β-unsaturated/α-hetero) is 3. The second kappa shape index (κ2) is 61.8. The van der Waals surface area contributed by atoms with Crippen LogP contribution in [0.25, 0.3) is 0 Å². The van der Waals surface area contributed by atoms with Crippen LogP contribution >= 0.6 is 0 Å². The van der Waals surface area contributed by atoms with Gasteiger partial charge in [-0.15, -0.1) is 0 Å². The van der Waals surface area contributed by atoms with Crippen LogP contribution in [0.3, 0.4) is 0 Å².